The van der Waals surface area contributed by atoms with Gasteiger partial charge in [0.15, 0.2) is 11.6 Å². The fourth-order valence-electron chi connectivity index (χ4n) is 5.87. The Balaban J connectivity index is 1.26. The zero-order valence-electron chi connectivity index (χ0n) is 25.7. The minimum absolute atomic E-state index is 0.0313. The van der Waals surface area contributed by atoms with Crippen LogP contribution in [-0.4, -0.2) is 75.4 Å². The van der Waals surface area contributed by atoms with Crippen molar-refractivity contribution in [2.45, 2.75) is 51.7 Å². The van der Waals surface area contributed by atoms with Crippen molar-refractivity contribution in [2.75, 3.05) is 44.1 Å². The molecule has 2 N–H and O–H groups in total. The van der Waals surface area contributed by atoms with Gasteiger partial charge in [0.1, 0.15) is 23.5 Å². The van der Waals surface area contributed by atoms with Crippen LogP contribution in [0, 0.1) is 0 Å². The third kappa shape index (κ3) is 6.02. The number of ether oxygens (including phenoxy) is 2. The summed E-state index contributed by atoms with van der Waals surface area (Å²) >= 11 is 0. The van der Waals surface area contributed by atoms with Crippen molar-refractivity contribution in [2.24, 2.45) is 0 Å². The van der Waals surface area contributed by atoms with E-state index in [-0.39, 0.29) is 18.0 Å². The number of piperidine rings is 1. The Labute approximate surface area is 257 Å². The fourth-order valence-corrected chi connectivity index (χ4v) is 5.87. The Hall–Kier alpha value is -4.71. The topological polar surface area (TPSA) is 123 Å². The van der Waals surface area contributed by atoms with Gasteiger partial charge in [0.05, 0.1) is 31.6 Å². The molecule has 12 heteroatoms. The maximum absolute atomic E-state index is 13.0. The van der Waals surface area contributed by atoms with Crippen LogP contribution < -0.4 is 25.0 Å². The number of amides is 1. The summed E-state index contributed by atoms with van der Waals surface area (Å²) in [4.78, 5) is 27.2. The third-order valence-corrected chi connectivity index (χ3v) is 8.27. The number of rotatable bonds is 10. The molecule has 1 unspecified atom stereocenters. The number of benzene rings is 2. The Morgan fingerprint density at radius 2 is 1.89 bits per heavy atom. The number of nitrogens with zero attached hydrogens (tertiary/aromatic N) is 7. The molecule has 2 aromatic carbocycles. The van der Waals surface area contributed by atoms with E-state index in [1.54, 1.807) is 31.8 Å². The molecule has 4 aromatic rings. The van der Waals surface area contributed by atoms with E-state index in [9.17, 15) is 4.79 Å². The lowest BCUT2D eigenvalue weighted by Gasteiger charge is -2.37. The van der Waals surface area contributed by atoms with Gasteiger partial charge < -0.3 is 29.9 Å². The van der Waals surface area contributed by atoms with E-state index >= 15 is 0 Å². The van der Waals surface area contributed by atoms with Gasteiger partial charge in [-0.3, -0.25) is 9.36 Å². The van der Waals surface area contributed by atoms with Crippen molar-refractivity contribution in [3.63, 3.8) is 0 Å². The van der Waals surface area contributed by atoms with Crippen LogP contribution in [0.15, 0.2) is 55.0 Å². The molecule has 6 rings (SSSR count). The predicted octanol–water partition coefficient (Wildman–Crippen LogP) is 4.50. The molecule has 230 valence electrons. The first-order valence-corrected chi connectivity index (χ1v) is 15.2. The quantitative estimate of drug-likeness (QED) is 0.270. The lowest BCUT2D eigenvalue weighted by Crippen LogP contribution is -2.43. The molecule has 44 heavy (non-hydrogen) atoms. The van der Waals surface area contributed by atoms with E-state index < -0.39 is 0 Å². The van der Waals surface area contributed by atoms with Gasteiger partial charge in [-0.05, 0) is 82.2 Å². The predicted molar refractivity (Wildman–Crippen MR) is 168 cm³/mol. The second-order valence-electron chi connectivity index (χ2n) is 11.2. The number of hydrogen-bond acceptors (Lipinski definition) is 10. The number of fused-ring (bicyclic) bond motifs is 3. The van der Waals surface area contributed by atoms with E-state index in [0.29, 0.717) is 36.1 Å². The van der Waals surface area contributed by atoms with Gasteiger partial charge >= 0.3 is 0 Å². The van der Waals surface area contributed by atoms with Crippen molar-refractivity contribution in [3.8, 4) is 17.2 Å². The highest BCUT2D eigenvalue weighted by atomic mass is 16.5. The Morgan fingerprint density at radius 3 is 2.61 bits per heavy atom. The number of carbonyl (C=O) groups excluding carboxylic acids is 1. The number of methoxy groups -OCH3 is 1. The summed E-state index contributed by atoms with van der Waals surface area (Å²) < 4.78 is 13.3. The van der Waals surface area contributed by atoms with E-state index in [1.165, 1.54) is 0 Å². The van der Waals surface area contributed by atoms with Crippen LogP contribution in [0.1, 0.15) is 60.9 Å². The van der Waals surface area contributed by atoms with Gasteiger partial charge in [-0.2, -0.15) is 4.98 Å². The van der Waals surface area contributed by atoms with Gasteiger partial charge in [-0.1, -0.05) is 19.1 Å². The Bertz CT molecular complexity index is 1600. The number of likely N-dealkylation sites (tertiary alicyclic amines) is 1. The number of hydrogen-bond donors (Lipinski definition) is 2. The summed E-state index contributed by atoms with van der Waals surface area (Å²) in [5.74, 6) is 3.30. The zero-order chi connectivity index (χ0) is 30.6. The number of anilines is 3. The van der Waals surface area contributed by atoms with E-state index in [0.717, 1.165) is 61.0 Å². The highest BCUT2D eigenvalue weighted by Crippen LogP contribution is 2.39. The van der Waals surface area contributed by atoms with Crippen LogP contribution in [0.4, 0.5) is 17.5 Å². The molecule has 2 aromatic heterocycles. The molecule has 2 aliphatic rings. The molecular formula is C32H39N9O3. The van der Waals surface area contributed by atoms with Gasteiger partial charge in [-0.15, -0.1) is 10.2 Å². The first-order valence-electron chi connectivity index (χ1n) is 15.2. The minimum Gasteiger partial charge on any atom is -0.495 e. The van der Waals surface area contributed by atoms with Crippen molar-refractivity contribution in [1.29, 1.82) is 0 Å². The molecule has 2 aliphatic heterocycles. The largest absolute Gasteiger partial charge is 0.495 e. The highest BCUT2D eigenvalue weighted by molar-refractivity contribution is 5.95. The summed E-state index contributed by atoms with van der Waals surface area (Å²) in [5.41, 5.74) is 3.13. The molecule has 0 saturated carbocycles. The zero-order valence-corrected chi connectivity index (χ0v) is 25.7. The van der Waals surface area contributed by atoms with Gasteiger partial charge in [-0.25, -0.2) is 4.98 Å². The normalized spacial score (nSPS) is 16.6. The SMILES string of the molecule is CCOc1ccc(CN2c3nc(Nc4ccc(C(=O)NC5CCN(C)CC5)cc4OC)ncc3-n3cnnc3C2CC)cc1. The molecule has 12 nitrogen and oxygen atoms in total. The van der Waals surface area contributed by atoms with Gasteiger partial charge in [0.25, 0.3) is 5.91 Å². The van der Waals surface area contributed by atoms with Crippen molar-refractivity contribution in [1.82, 2.24) is 34.9 Å². The smallest absolute Gasteiger partial charge is 0.251 e. The lowest BCUT2D eigenvalue weighted by atomic mass is 10.0. The molecule has 0 radical (unpaired) electrons. The highest BCUT2D eigenvalue weighted by Gasteiger charge is 2.34. The average Bonchev–Trinajstić information content (AvgIpc) is 3.53. The lowest BCUT2D eigenvalue weighted by molar-refractivity contribution is 0.0916. The number of aromatic nitrogens is 5. The van der Waals surface area contributed by atoms with Crippen LogP contribution in [0.3, 0.4) is 0 Å². The minimum atomic E-state index is -0.102. The summed E-state index contributed by atoms with van der Waals surface area (Å²) in [6, 6.07) is 13.6. The molecule has 0 aliphatic carbocycles. The molecule has 1 fully saturated rings. The van der Waals surface area contributed by atoms with Crippen LogP contribution >= 0.6 is 0 Å². The Morgan fingerprint density at radius 1 is 1.09 bits per heavy atom. The number of carbonyl (C=O) groups is 1. The first kappa shape index (κ1) is 29.4. The van der Waals surface area contributed by atoms with Crippen LogP contribution in [0.2, 0.25) is 0 Å². The van der Waals surface area contributed by atoms with Crippen molar-refractivity contribution >= 4 is 23.4 Å². The molecule has 1 atom stereocenters. The van der Waals surface area contributed by atoms with Gasteiger partial charge in [0.2, 0.25) is 5.95 Å². The summed E-state index contributed by atoms with van der Waals surface area (Å²) in [5, 5.41) is 15.1. The first-order chi connectivity index (χ1) is 21.5. The third-order valence-electron chi connectivity index (χ3n) is 8.27. The average molecular weight is 598 g/mol. The van der Waals surface area contributed by atoms with Crippen molar-refractivity contribution < 1.29 is 14.3 Å². The second-order valence-corrected chi connectivity index (χ2v) is 11.2. The molecule has 1 saturated heterocycles. The summed E-state index contributed by atoms with van der Waals surface area (Å²) in [6.07, 6.45) is 6.20. The molecule has 1 amide bonds. The van der Waals surface area contributed by atoms with Crippen LogP contribution in [0.5, 0.6) is 11.5 Å². The molecular weight excluding hydrogens is 558 g/mol. The maximum Gasteiger partial charge on any atom is 0.251 e. The fraction of sp³-hybridized carbons (Fsp3) is 0.406. The summed E-state index contributed by atoms with van der Waals surface area (Å²) in [6.45, 7) is 7.31. The van der Waals surface area contributed by atoms with E-state index in [1.807, 2.05) is 29.7 Å². The molecule has 0 spiro atoms. The van der Waals surface area contributed by atoms with E-state index in [4.69, 9.17) is 14.5 Å². The van der Waals surface area contributed by atoms with Crippen molar-refractivity contribution in [3.05, 3.63) is 71.9 Å². The second kappa shape index (κ2) is 12.9. The monoisotopic (exact) mass is 597 g/mol. The maximum atomic E-state index is 13.0. The standard InChI is InChI=1S/C32H39N9O3/c1-5-26-30-38-34-20-41(30)27-18-33-32(37-29(27)40(26)19-21-7-10-24(11-8-21)44-6-2)36-25-12-9-22(17-28(25)43-4)31(42)35-23-13-15-39(3)16-14-23/h7-12,17-18,20,23,26H,5-6,13-16,19H2,1-4H3,(H,35,42)(H,33,36,37). The van der Waals surface area contributed by atoms with Gasteiger partial charge in [0, 0.05) is 18.2 Å². The van der Waals surface area contributed by atoms with Crippen LogP contribution in [-0.2, 0) is 6.54 Å². The Kier molecular flexibility index (Phi) is 8.60. The van der Waals surface area contributed by atoms with E-state index in [2.05, 4.69) is 61.7 Å². The molecule has 0 bridgehead atoms. The summed E-state index contributed by atoms with van der Waals surface area (Å²) in [7, 11) is 3.69. The van der Waals surface area contributed by atoms with Crippen LogP contribution in [0.25, 0.3) is 5.69 Å². The molecule has 4 heterocycles. The number of nitrogens with one attached hydrogen (secondary N) is 2.